The van der Waals surface area contributed by atoms with Crippen molar-refractivity contribution >= 4 is 33.9 Å². The van der Waals surface area contributed by atoms with E-state index in [4.69, 9.17) is 5.73 Å². The maximum Gasteiger partial charge on any atom is 0.272 e. The Hall–Kier alpha value is -2.08. The van der Waals surface area contributed by atoms with Crippen LogP contribution in [0.25, 0.3) is 0 Å². The van der Waals surface area contributed by atoms with Gasteiger partial charge in [-0.25, -0.2) is 4.98 Å². The minimum absolute atomic E-state index is 0.140. The van der Waals surface area contributed by atoms with Crippen molar-refractivity contribution in [3.8, 4) is 0 Å². The zero-order valence-corrected chi connectivity index (χ0v) is 13.3. The summed E-state index contributed by atoms with van der Waals surface area (Å²) in [5.41, 5.74) is 7.93. The highest BCUT2D eigenvalue weighted by molar-refractivity contribution is 7.18. The monoisotopic (exact) mass is 304 g/mol. The molecular formula is C15H20N4OS. The van der Waals surface area contributed by atoms with Crippen molar-refractivity contribution in [2.24, 2.45) is 0 Å². The summed E-state index contributed by atoms with van der Waals surface area (Å²) < 4.78 is 0. The Morgan fingerprint density at radius 3 is 2.57 bits per heavy atom. The number of carbonyl (C=O) groups is 1. The summed E-state index contributed by atoms with van der Waals surface area (Å²) in [5.74, 6) is 0.136. The van der Waals surface area contributed by atoms with Crippen LogP contribution in [-0.4, -0.2) is 24.5 Å². The number of benzene rings is 1. The molecule has 112 valence electrons. The van der Waals surface area contributed by atoms with E-state index >= 15 is 0 Å². The molecule has 0 saturated heterocycles. The topological polar surface area (TPSA) is 71.2 Å². The fraction of sp³-hybridized carbons (Fsp3) is 0.333. The number of nitrogen functional groups attached to an aromatic ring is 1. The summed E-state index contributed by atoms with van der Waals surface area (Å²) in [4.78, 5) is 18.8. The molecule has 0 bridgehead atoms. The predicted octanol–water partition coefficient (Wildman–Crippen LogP) is 3.00. The lowest BCUT2D eigenvalue weighted by Crippen LogP contribution is -2.26. The van der Waals surface area contributed by atoms with E-state index in [2.05, 4.69) is 17.2 Å². The summed E-state index contributed by atoms with van der Waals surface area (Å²) in [5, 5.41) is 3.75. The molecule has 0 aliphatic heterocycles. The van der Waals surface area contributed by atoms with Crippen molar-refractivity contribution in [2.45, 2.75) is 20.3 Å². The van der Waals surface area contributed by atoms with Crippen molar-refractivity contribution in [1.82, 2.24) is 4.98 Å². The fourth-order valence-corrected chi connectivity index (χ4v) is 2.87. The minimum Gasteiger partial charge on any atom is -0.382 e. The van der Waals surface area contributed by atoms with Crippen molar-refractivity contribution in [3.63, 3.8) is 0 Å². The second kappa shape index (κ2) is 6.58. The Bertz CT molecular complexity index is 621. The highest BCUT2D eigenvalue weighted by Gasteiger charge is 2.20. The van der Waals surface area contributed by atoms with E-state index in [0.29, 0.717) is 10.0 Å². The van der Waals surface area contributed by atoms with Crippen LogP contribution in [0.3, 0.4) is 0 Å². The number of nitrogens with one attached hydrogen (secondary N) is 1. The van der Waals surface area contributed by atoms with Gasteiger partial charge in [0.15, 0.2) is 5.13 Å². The van der Waals surface area contributed by atoms with Crippen molar-refractivity contribution in [3.05, 3.63) is 34.7 Å². The molecule has 0 unspecified atom stereocenters. The molecule has 1 amide bonds. The van der Waals surface area contributed by atoms with Crippen LogP contribution in [0.2, 0.25) is 0 Å². The summed E-state index contributed by atoms with van der Waals surface area (Å²) in [6.07, 6.45) is 0.978. The number of anilines is 3. The van der Waals surface area contributed by atoms with Gasteiger partial charge in [-0.15, -0.1) is 0 Å². The third kappa shape index (κ3) is 3.33. The second-order valence-electron chi connectivity index (χ2n) is 4.65. The van der Waals surface area contributed by atoms with E-state index in [0.717, 1.165) is 18.7 Å². The van der Waals surface area contributed by atoms with Gasteiger partial charge in [-0.2, -0.15) is 0 Å². The maximum absolute atomic E-state index is 12.5. The molecule has 6 heteroatoms. The van der Waals surface area contributed by atoms with E-state index in [1.54, 1.807) is 11.9 Å². The molecule has 0 aliphatic rings. The van der Waals surface area contributed by atoms with Gasteiger partial charge >= 0.3 is 0 Å². The number of nitrogens with two attached hydrogens (primary N) is 1. The third-order valence-electron chi connectivity index (χ3n) is 3.21. The molecule has 0 radical (unpaired) electrons. The van der Waals surface area contributed by atoms with E-state index in [-0.39, 0.29) is 11.7 Å². The molecule has 1 aromatic carbocycles. The molecule has 0 spiro atoms. The standard InChI is InChI=1S/C15H20N4OS/c1-4-10-6-8-11(9-7-10)19(3)14(20)12-13(16)18-15(21-12)17-5-2/h6-9H,4-5,16H2,1-3H3,(H,17,18). The quantitative estimate of drug-likeness (QED) is 0.891. The predicted molar refractivity (Wildman–Crippen MR) is 89.2 cm³/mol. The summed E-state index contributed by atoms with van der Waals surface area (Å²) >= 11 is 1.28. The van der Waals surface area contributed by atoms with Crippen LogP contribution in [0.1, 0.15) is 29.1 Å². The SMILES string of the molecule is CCNc1nc(N)c(C(=O)N(C)c2ccc(CC)cc2)s1. The molecule has 2 rings (SSSR count). The lowest BCUT2D eigenvalue weighted by atomic mass is 10.1. The molecule has 2 aromatic rings. The lowest BCUT2D eigenvalue weighted by molar-refractivity contribution is 0.0997. The molecule has 21 heavy (non-hydrogen) atoms. The first-order valence-electron chi connectivity index (χ1n) is 6.94. The van der Waals surface area contributed by atoms with Gasteiger partial charge in [-0.05, 0) is 31.0 Å². The van der Waals surface area contributed by atoms with Gasteiger partial charge in [0.05, 0.1) is 0 Å². The van der Waals surface area contributed by atoms with Gasteiger partial charge in [0.25, 0.3) is 5.91 Å². The zero-order valence-electron chi connectivity index (χ0n) is 12.5. The lowest BCUT2D eigenvalue weighted by Gasteiger charge is -2.16. The van der Waals surface area contributed by atoms with Crippen molar-refractivity contribution in [2.75, 3.05) is 29.5 Å². The molecule has 3 N–H and O–H groups in total. The molecule has 0 fully saturated rings. The number of carbonyl (C=O) groups excluding carboxylic acids is 1. The van der Waals surface area contributed by atoms with E-state index in [9.17, 15) is 4.79 Å². The van der Waals surface area contributed by atoms with Crippen LogP contribution in [0, 0.1) is 0 Å². The van der Waals surface area contributed by atoms with E-state index < -0.39 is 0 Å². The summed E-state index contributed by atoms with van der Waals surface area (Å²) in [6.45, 7) is 4.82. The first-order chi connectivity index (χ1) is 10.1. The van der Waals surface area contributed by atoms with Crippen molar-refractivity contribution < 1.29 is 4.79 Å². The maximum atomic E-state index is 12.5. The number of rotatable bonds is 5. The van der Waals surface area contributed by atoms with Gasteiger partial charge in [0.2, 0.25) is 0 Å². The molecule has 1 aromatic heterocycles. The highest BCUT2D eigenvalue weighted by Crippen LogP contribution is 2.27. The third-order valence-corrected chi connectivity index (χ3v) is 4.23. The Morgan fingerprint density at radius 1 is 1.33 bits per heavy atom. The second-order valence-corrected chi connectivity index (χ2v) is 5.65. The van der Waals surface area contributed by atoms with Crippen LogP contribution in [0.4, 0.5) is 16.6 Å². The number of amides is 1. The number of nitrogens with zero attached hydrogens (tertiary/aromatic N) is 2. The molecule has 1 heterocycles. The van der Waals surface area contributed by atoms with Crippen LogP contribution >= 0.6 is 11.3 Å². The van der Waals surface area contributed by atoms with Crippen LogP contribution in [0.15, 0.2) is 24.3 Å². The Kier molecular flexibility index (Phi) is 4.80. The molecule has 0 aliphatic carbocycles. The fourth-order valence-electron chi connectivity index (χ4n) is 1.94. The van der Waals surface area contributed by atoms with Gasteiger partial charge in [0.1, 0.15) is 10.7 Å². The number of thiazole rings is 1. The van der Waals surface area contributed by atoms with Crippen LogP contribution < -0.4 is 16.0 Å². The highest BCUT2D eigenvalue weighted by atomic mass is 32.1. The van der Waals surface area contributed by atoms with Gasteiger partial charge < -0.3 is 16.0 Å². The largest absolute Gasteiger partial charge is 0.382 e. The van der Waals surface area contributed by atoms with Gasteiger partial charge in [-0.1, -0.05) is 30.4 Å². The Labute approximate surface area is 128 Å². The van der Waals surface area contributed by atoms with E-state index in [1.807, 2.05) is 31.2 Å². The summed E-state index contributed by atoms with van der Waals surface area (Å²) in [7, 11) is 1.75. The Balaban J connectivity index is 2.21. The average molecular weight is 304 g/mol. The number of aryl methyl sites for hydroxylation is 1. The molecule has 0 atom stereocenters. The van der Waals surface area contributed by atoms with Crippen molar-refractivity contribution in [1.29, 1.82) is 0 Å². The van der Waals surface area contributed by atoms with Gasteiger partial charge in [0, 0.05) is 19.3 Å². The first-order valence-corrected chi connectivity index (χ1v) is 7.75. The molecule has 5 nitrogen and oxygen atoms in total. The van der Waals surface area contributed by atoms with E-state index in [1.165, 1.54) is 16.9 Å². The Morgan fingerprint density at radius 2 is 2.00 bits per heavy atom. The summed E-state index contributed by atoms with van der Waals surface area (Å²) in [6, 6.07) is 7.94. The normalized spacial score (nSPS) is 10.4. The zero-order chi connectivity index (χ0) is 15.4. The van der Waals surface area contributed by atoms with Crippen LogP contribution in [0.5, 0.6) is 0 Å². The molecular weight excluding hydrogens is 284 g/mol. The van der Waals surface area contributed by atoms with Gasteiger partial charge in [-0.3, -0.25) is 4.79 Å². The first kappa shape index (κ1) is 15.3. The minimum atomic E-state index is -0.140. The average Bonchev–Trinajstić information content (AvgIpc) is 2.87. The smallest absolute Gasteiger partial charge is 0.272 e. The number of aromatic nitrogens is 1. The number of hydrogen-bond acceptors (Lipinski definition) is 5. The van der Waals surface area contributed by atoms with Crippen LogP contribution in [-0.2, 0) is 6.42 Å². The molecule has 0 saturated carbocycles. The number of hydrogen-bond donors (Lipinski definition) is 2.